The maximum absolute atomic E-state index is 13.0. The Morgan fingerprint density at radius 3 is 2.33 bits per heavy atom. The van der Waals surface area contributed by atoms with Gasteiger partial charge in [0.2, 0.25) is 0 Å². The average molecular weight is 225 g/mol. The van der Waals surface area contributed by atoms with Gasteiger partial charge in [-0.25, -0.2) is 8.78 Å². The first-order valence-electron chi connectivity index (χ1n) is 4.07. The van der Waals surface area contributed by atoms with Gasteiger partial charge >= 0.3 is 6.18 Å². The standard InChI is InChI=1S/C9H8F5N/c10-5-1-2-7(9(12,13)14)6(3-5)8(11)4-15/h1-3,8H,4,15H2. The van der Waals surface area contributed by atoms with Gasteiger partial charge in [-0.1, -0.05) is 0 Å². The Balaban J connectivity index is 3.27. The first kappa shape index (κ1) is 11.9. The zero-order valence-electron chi connectivity index (χ0n) is 7.48. The maximum atomic E-state index is 13.0. The van der Waals surface area contributed by atoms with Crippen molar-refractivity contribution in [2.45, 2.75) is 12.3 Å². The zero-order valence-corrected chi connectivity index (χ0v) is 7.48. The zero-order chi connectivity index (χ0) is 11.6. The molecule has 0 aliphatic carbocycles. The fourth-order valence-electron chi connectivity index (χ4n) is 1.18. The lowest BCUT2D eigenvalue weighted by atomic mass is 10.0. The number of nitrogens with two attached hydrogens (primary N) is 1. The summed E-state index contributed by atoms with van der Waals surface area (Å²) < 4.78 is 62.7. The van der Waals surface area contributed by atoms with Gasteiger partial charge in [0, 0.05) is 12.1 Å². The van der Waals surface area contributed by atoms with Crippen molar-refractivity contribution in [1.82, 2.24) is 0 Å². The Bertz CT molecular complexity index is 347. The van der Waals surface area contributed by atoms with E-state index >= 15 is 0 Å². The number of alkyl halides is 4. The van der Waals surface area contributed by atoms with E-state index in [0.717, 1.165) is 0 Å². The second-order valence-electron chi connectivity index (χ2n) is 2.93. The Morgan fingerprint density at radius 1 is 1.27 bits per heavy atom. The van der Waals surface area contributed by atoms with E-state index in [1.54, 1.807) is 0 Å². The van der Waals surface area contributed by atoms with E-state index < -0.39 is 35.8 Å². The molecule has 1 unspecified atom stereocenters. The van der Waals surface area contributed by atoms with Crippen molar-refractivity contribution in [2.24, 2.45) is 5.73 Å². The van der Waals surface area contributed by atoms with E-state index in [1.165, 1.54) is 0 Å². The minimum absolute atomic E-state index is 0.507. The highest BCUT2D eigenvalue weighted by Crippen LogP contribution is 2.35. The summed E-state index contributed by atoms with van der Waals surface area (Å²) in [5, 5.41) is 0. The minimum atomic E-state index is -4.71. The lowest BCUT2D eigenvalue weighted by molar-refractivity contribution is -0.138. The molecule has 1 rings (SSSR count). The second-order valence-corrected chi connectivity index (χ2v) is 2.93. The summed E-state index contributed by atoms with van der Waals surface area (Å²) in [4.78, 5) is 0. The van der Waals surface area contributed by atoms with Crippen LogP contribution < -0.4 is 5.73 Å². The van der Waals surface area contributed by atoms with Crippen LogP contribution in [-0.4, -0.2) is 6.54 Å². The summed E-state index contributed by atoms with van der Waals surface area (Å²) in [5.41, 5.74) is 2.95. The lowest BCUT2D eigenvalue weighted by Crippen LogP contribution is -2.15. The third-order valence-electron chi connectivity index (χ3n) is 1.86. The number of benzene rings is 1. The van der Waals surface area contributed by atoms with Gasteiger partial charge in [0.05, 0.1) is 5.56 Å². The van der Waals surface area contributed by atoms with Crippen LogP contribution in [0.2, 0.25) is 0 Å². The summed E-state index contributed by atoms with van der Waals surface area (Å²) in [7, 11) is 0. The molecule has 1 atom stereocenters. The van der Waals surface area contributed by atoms with Crippen LogP contribution in [0.3, 0.4) is 0 Å². The van der Waals surface area contributed by atoms with Crippen molar-refractivity contribution >= 4 is 0 Å². The number of halogens is 5. The summed E-state index contributed by atoms with van der Waals surface area (Å²) in [6.07, 6.45) is -6.72. The predicted molar refractivity (Wildman–Crippen MR) is 44.3 cm³/mol. The van der Waals surface area contributed by atoms with Crippen molar-refractivity contribution in [1.29, 1.82) is 0 Å². The molecule has 15 heavy (non-hydrogen) atoms. The van der Waals surface area contributed by atoms with Crippen LogP contribution in [-0.2, 0) is 6.18 Å². The smallest absolute Gasteiger partial charge is 0.327 e. The molecular formula is C9H8F5N. The van der Waals surface area contributed by atoms with Crippen molar-refractivity contribution < 1.29 is 22.0 Å². The normalized spacial score (nSPS) is 14.0. The monoisotopic (exact) mass is 225 g/mol. The first-order chi connectivity index (χ1) is 6.86. The van der Waals surface area contributed by atoms with Crippen LogP contribution in [0.1, 0.15) is 17.3 Å². The molecule has 84 valence electrons. The molecule has 6 heteroatoms. The summed E-state index contributed by atoms with van der Waals surface area (Å²) in [6, 6.07) is 1.66. The minimum Gasteiger partial charge on any atom is -0.327 e. The third kappa shape index (κ3) is 2.65. The first-order valence-corrected chi connectivity index (χ1v) is 4.07. The van der Waals surface area contributed by atoms with Gasteiger partial charge < -0.3 is 5.73 Å². The SMILES string of the molecule is NCC(F)c1cc(F)ccc1C(F)(F)F. The lowest BCUT2D eigenvalue weighted by Gasteiger charge is -2.14. The van der Waals surface area contributed by atoms with E-state index in [-0.39, 0.29) is 0 Å². The highest BCUT2D eigenvalue weighted by atomic mass is 19.4. The van der Waals surface area contributed by atoms with Crippen molar-refractivity contribution in [3.8, 4) is 0 Å². The Kier molecular flexibility index (Phi) is 3.28. The molecule has 0 aliphatic heterocycles. The molecule has 0 fully saturated rings. The molecule has 0 heterocycles. The Labute approximate surface area is 82.7 Å². The molecule has 1 aromatic rings. The van der Waals surface area contributed by atoms with Crippen LogP contribution >= 0.6 is 0 Å². The average Bonchev–Trinajstić information content (AvgIpc) is 2.14. The van der Waals surface area contributed by atoms with E-state index in [9.17, 15) is 22.0 Å². The van der Waals surface area contributed by atoms with Gasteiger partial charge in [0.25, 0.3) is 0 Å². The van der Waals surface area contributed by atoms with Crippen LogP contribution in [0.15, 0.2) is 18.2 Å². The molecule has 0 saturated heterocycles. The Morgan fingerprint density at radius 2 is 1.87 bits per heavy atom. The fraction of sp³-hybridized carbons (Fsp3) is 0.333. The van der Waals surface area contributed by atoms with Crippen LogP contribution in [0, 0.1) is 5.82 Å². The van der Waals surface area contributed by atoms with E-state index in [1.807, 2.05) is 0 Å². The number of rotatable bonds is 2. The second kappa shape index (κ2) is 4.14. The summed E-state index contributed by atoms with van der Waals surface area (Å²) in [5.74, 6) is -0.922. The molecule has 0 radical (unpaired) electrons. The van der Waals surface area contributed by atoms with Gasteiger partial charge in [0.15, 0.2) is 0 Å². The van der Waals surface area contributed by atoms with Crippen LogP contribution in [0.5, 0.6) is 0 Å². The van der Waals surface area contributed by atoms with Gasteiger partial charge in [-0.15, -0.1) is 0 Å². The van der Waals surface area contributed by atoms with Crippen molar-refractivity contribution in [3.05, 3.63) is 35.1 Å². The number of hydrogen-bond acceptors (Lipinski definition) is 1. The number of hydrogen-bond donors (Lipinski definition) is 1. The molecular weight excluding hydrogens is 217 g/mol. The molecule has 0 spiro atoms. The van der Waals surface area contributed by atoms with Crippen molar-refractivity contribution in [2.75, 3.05) is 6.54 Å². The van der Waals surface area contributed by atoms with E-state index in [4.69, 9.17) is 5.73 Å². The van der Waals surface area contributed by atoms with Crippen LogP contribution in [0.25, 0.3) is 0 Å². The maximum Gasteiger partial charge on any atom is 0.416 e. The van der Waals surface area contributed by atoms with Gasteiger partial charge in [-0.2, -0.15) is 13.2 Å². The Hall–Kier alpha value is -1.17. The van der Waals surface area contributed by atoms with Crippen LogP contribution in [0.4, 0.5) is 22.0 Å². The largest absolute Gasteiger partial charge is 0.416 e. The molecule has 0 aromatic heterocycles. The molecule has 0 saturated carbocycles. The quantitative estimate of drug-likeness (QED) is 0.769. The predicted octanol–water partition coefficient (Wildman–Crippen LogP) is 2.81. The highest BCUT2D eigenvalue weighted by molar-refractivity contribution is 5.32. The highest BCUT2D eigenvalue weighted by Gasteiger charge is 2.35. The van der Waals surface area contributed by atoms with E-state index in [2.05, 4.69) is 0 Å². The summed E-state index contributed by atoms with van der Waals surface area (Å²) >= 11 is 0. The molecule has 0 aliphatic rings. The molecule has 1 nitrogen and oxygen atoms in total. The van der Waals surface area contributed by atoms with Gasteiger partial charge in [0.1, 0.15) is 12.0 Å². The van der Waals surface area contributed by atoms with Gasteiger partial charge in [-0.3, -0.25) is 0 Å². The van der Waals surface area contributed by atoms with Crippen molar-refractivity contribution in [3.63, 3.8) is 0 Å². The third-order valence-corrected chi connectivity index (χ3v) is 1.86. The van der Waals surface area contributed by atoms with E-state index in [0.29, 0.717) is 18.2 Å². The topological polar surface area (TPSA) is 26.0 Å². The molecule has 2 N–H and O–H groups in total. The molecule has 1 aromatic carbocycles. The van der Waals surface area contributed by atoms with Gasteiger partial charge in [-0.05, 0) is 18.2 Å². The summed E-state index contributed by atoms with van der Waals surface area (Å²) in [6.45, 7) is -0.619. The molecule has 0 amide bonds. The molecule has 0 bridgehead atoms. The fourth-order valence-corrected chi connectivity index (χ4v) is 1.18.